The number of ether oxygens (including phenoxy) is 1. The molecule has 122 valence electrons. The molecule has 2 aromatic rings. The van der Waals surface area contributed by atoms with Gasteiger partial charge >= 0.3 is 5.97 Å². The Kier molecular flexibility index (Phi) is 4.57. The van der Waals surface area contributed by atoms with E-state index < -0.39 is 5.97 Å². The molecular formula is C16H20N4O3. The molecule has 1 heterocycles. The highest BCUT2D eigenvalue weighted by atomic mass is 16.5. The van der Waals surface area contributed by atoms with E-state index in [0.717, 1.165) is 18.0 Å². The van der Waals surface area contributed by atoms with Gasteiger partial charge in [-0.05, 0) is 30.5 Å². The van der Waals surface area contributed by atoms with Crippen LogP contribution in [-0.4, -0.2) is 44.1 Å². The second-order valence-electron chi connectivity index (χ2n) is 5.79. The Morgan fingerprint density at radius 2 is 2.09 bits per heavy atom. The third-order valence-corrected chi connectivity index (χ3v) is 3.86. The average Bonchev–Trinajstić information content (AvgIpc) is 3.29. The van der Waals surface area contributed by atoms with Crippen molar-refractivity contribution in [1.29, 1.82) is 0 Å². The zero-order valence-corrected chi connectivity index (χ0v) is 13.1. The largest absolute Gasteiger partial charge is 0.497 e. The fraction of sp³-hybridized carbons (Fsp3) is 0.438. The zero-order valence-electron chi connectivity index (χ0n) is 13.1. The monoisotopic (exact) mass is 316 g/mol. The highest BCUT2D eigenvalue weighted by molar-refractivity contribution is 5.66. The molecule has 3 rings (SSSR count). The number of carbonyl (C=O) groups is 1. The number of aliphatic carboxylic acids is 1. The van der Waals surface area contributed by atoms with Gasteiger partial charge in [-0.2, -0.15) is 0 Å². The van der Waals surface area contributed by atoms with E-state index in [1.54, 1.807) is 13.3 Å². The normalized spacial score (nSPS) is 14.2. The molecule has 7 nitrogen and oxygen atoms in total. The molecule has 1 N–H and O–H groups in total. The van der Waals surface area contributed by atoms with Crippen molar-refractivity contribution in [3.63, 3.8) is 0 Å². The van der Waals surface area contributed by atoms with Gasteiger partial charge in [0.1, 0.15) is 12.3 Å². The van der Waals surface area contributed by atoms with Crippen molar-refractivity contribution in [3.05, 3.63) is 41.7 Å². The summed E-state index contributed by atoms with van der Waals surface area (Å²) in [7, 11) is 1.66. The summed E-state index contributed by atoms with van der Waals surface area (Å²) in [5.41, 5.74) is 2.02. The van der Waals surface area contributed by atoms with E-state index in [0.29, 0.717) is 12.6 Å². The second kappa shape index (κ2) is 6.78. The Labute approximate surface area is 134 Å². The molecule has 23 heavy (non-hydrogen) atoms. The summed E-state index contributed by atoms with van der Waals surface area (Å²) in [5, 5.41) is 16.7. The first-order valence-corrected chi connectivity index (χ1v) is 7.62. The summed E-state index contributed by atoms with van der Waals surface area (Å²) in [4.78, 5) is 13.1. The summed E-state index contributed by atoms with van der Waals surface area (Å²) in [5.74, 6) is -0.0675. The molecule has 0 unspecified atom stereocenters. The molecule has 1 aromatic carbocycles. The van der Waals surface area contributed by atoms with Crippen LogP contribution >= 0.6 is 0 Å². The molecule has 0 radical (unpaired) electrons. The van der Waals surface area contributed by atoms with E-state index in [1.807, 2.05) is 12.1 Å². The maximum Gasteiger partial charge on any atom is 0.325 e. The van der Waals surface area contributed by atoms with Gasteiger partial charge in [-0.1, -0.05) is 17.3 Å². The van der Waals surface area contributed by atoms with Crippen LogP contribution < -0.4 is 4.74 Å². The number of hydrogen-bond donors (Lipinski definition) is 1. The lowest BCUT2D eigenvalue weighted by molar-refractivity contribution is -0.137. The number of benzene rings is 1. The number of carboxylic acids is 1. The van der Waals surface area contributed by atoms with Gasteiger partial charge in [0.25, 0.3) is 0 Å². The van der Waals surface area contributed by atoms with Crippen LogP contribution in [0.3, 0.4) is 0 Å². The van der Waals surface area contributed by atoms with E-state index >= 15 is 0 Å². The van der Waals surface area contributed by atoms with Gasteiger partial charge in [0, 0.05) is 19.1 Å². The van der Waals surface area contributed by atoms with Gasteiger partial charge in [0.2, 0.25) is 0 Å². The molecule has 1 aliphatic carbocycles. The van der Waals surface area contributed by atoms with Crippen LogP contribution in [0.15, 0.2) is 30.5 Å². The number of aromatic nitrogens is 3. The number of nitrogens with zero attached hydrogens (tertiary/aromatic N) is 4. The van der Waals surface area contributed by atoms with Crippen LogP contribution in [0.1, 0.15) is 24.1 Å². The first-order valence-electron chi connectivity index (χ1n) is 7.62. The summed E-state index contributed by atoms with van der Waals surface area (Å²) in [6.07, 6.45) is 4.09. The first-order chi connectivity index (χ1) is 11.1. The molecule has 1 aromatic heterocycles. The van der Waals surface area contributed by atoms with E-state index in [1.165, 1.54) is 23.1 Å². The quantitative estimate of drug-likeness (QED) is 0.795. The first kappa shape index (κ1) is 15.5. The summed E-state index contributed by atoms with van der Waals surface area (Å²) in [6, 6.07) is 8.62. The van der Waals surface area contributed by atoms with Crippen molar-refractivity contribution in [2.24, 2.45) is 0 Å². The van der Waals surface area contributed by atoms with E-state index in [2.05, 4.69) is 27.3 Å². The Hall–Kier alpha value is -2.41. The minimum absolute atomic E-state index is 0.158. The molecular weight excluding hydrogens is 296 g/mol. The van der Waals surface area contributed by atoms with Crippen molar-refractivity contribution in [2.75, 3.05) is 7.11 Å². The predicted molar refractivity (Wildman–Crippen MR) is 82.9 cm³/mol. The summed E-state index contributed by atoms with van der Waals surface area (Å²) >= 11 is 0. The lowest BCUT2D eigenvalue weighted by atomic mass is 10.2. The Morgan fingerprint density at radius 3 is 2.70 bits per heavy atom. The Balaban J connectivity index is 1.64. The second-order valence-corrected chi connectivity index (χ2v) is 5.79. The standard InChI is InChI=1S/C16H20N4O3/c1-23-15-6-2-12(3-7-15)8-19(14-4-5-14)9-13-10-20(18-17-13)11-16(21)22/h2-3,6-7,10,14H,4-5,8-9,11H2,1H3,(H,21,22). The van der Waals surface area contributed by atoms with Crippen molar-refractivity contribution in [2.45, 2.75) is 38.5 Å². The molecule has 1 aliphatic rings. The fourth-order valence-corrected chi connectivity index (χ4v) is 2.55. The number of hydrogen-bond acceptors (Lipinski definition) is 5. The summed E-state index contributed by atoms with van der Waals surface area (Å²) in [6.45, 7) is 1.35. The van der Waals surface area contributed by atoms with Crippen molar-refractivity contribution < 1.29 is 14.6 Å². The van der Waals surface area contributed by atoms with Crippen LogP contribution in [0.25, 0.3) is 0 Å². The van der Waals surface area contributed by atoms with Gasteiger partial charge in [-0.3, -0.25) is 9.69 Å². The number of carboxylic acid groups (broad SMARTS) is 1. The molecule has 7 heteroatoms. The van der Waals surface area contributed by atoms with Gasteiger partial charge in [0.05, 0.1) is 19.0 Å². The van der Waals surface area contributed by atoms with E-state index in [9.17, 15) is 4.79 Å². The third-order valence-electron chi connectivity index (χ3n) is 3.86. The minimum Gasteiger partial charge on any atom is -0.497 e. The summed E-state index contributed by atoms with van der Waals surface area (Å²) < 4.78 is 6.54. The van der Waals surface area contributed by atoms with Gasteiger partial charge < -0.3 is 9.84 Å². The van der Waals surface area contributed by atoms with Crippen LogP contribution in [0.4, 0.5) is 0 Å². The lowest BCUT2D eigenvalue weighted by Crippen LogP contribution is -2.25. The minimum atomic E-state index is -0.918. The molecule has 0 bridgehead atoms. The van der Waals surface area contributed by atoms with Gasteiger partial charge in [-0.25, -0.2) is 4.68 Å². The Bertz CT molecular complexity index is 664. The topological polar surface area (TPSA) is 80.5 Å². The van der Waals surface area contributed by atoms with Crippen LogP contribution in [-0.2, 0) is 24.4 Å². The molecule has 1 fully saturated rings. The van der Waals surface area contributed by atoms with Crippen LogP contribution in [0, 0.1) is 0 Å². The molecule has 0 saturated heterocycles. The molecule has 0 aliphatic heterocycles. The van der Waals surface area contributed by atoms with Gasteiger partial charge in [-0.15, -0.1) is 5.10 Å². The highest BCUT2D eigenvalue weighted by Crippen LogP contribution is 2.29. The molecule has 0 amide bonds. The number of rotatable bonds is 8. The maximum absolute atomic E-state index is 10.7. The van der Waals surface area contributed by atoms with Gasteiger partial charge in [0.15, 0.2) is 0 Å². The van der Waals surface area contributed by atoms with Crippen LogP contribution in [0.2, 0.25) is 0 Å². The Morgan fingerprint density at radius 1 is 1.35 bits per heavy atom. The van der Waals surface area contributed by atoms with Crippen molar-refractivity contribution in [1.82, 2.24) is 19.9 Å². The SMILES string of the molecule is COc1ccc(CN(Cc2cn(CC(=O)O)nn2)C2CC2)cc1. The molecule has 1 saturated carbocycles. The maximum atomic E-state index is 10.7. The number of methoxy groups -OCH3 is 1. The van der Waals surface area contributed by atoms with Crippen LogP contribution in [0.5, 0.6) is 5.75 Å². The zero-order chi connectivity index (χ0) is 16.2. The molecule has 0 atom stereocenters. The third kappa shape index (κ3) is 4.29. The van der Waals surface area contributed by atoms with E-state index in [-0.39, 0.29) is 6.54 Å². The lowest BCUT2D eigenvalue weighted by Gasteiger charge is -2.20. The fourth-order valence-electron chi connectivity index (χ4n) is 2.55. The molecule has 0 spiro atoms. The average molecular weight is 316 g/mol. The van der Waals surface area contributed by atoms with Crippen molar-refractivity contribution in [3.8, 4) is 5.75 Å². The van der Waals surface area contributed by atoms with Crippen molar-refractivity contribution >= 4 is 5.97 Å². The van der Waals surface area contributed by atoms with E-state index in [4.69, 9.17) is 9.84 Å². The predicted octanol–water partition coefficient (Wildman–Crippen LogP) is 1.54. The highest BCUT2D eigenvalue weighted by Gasteiger charge is 2.29. The smallest absolute Gasteiger partial charge is 0.325 e.